The number of carboxylic acid groups (broad SMARTS) is 1. The lowest BCUT2D eigenvalue weighted by atomic mass is 10.1. The first-order valence-corrected chi connectivity index (χ1v) is 5.91. The Balaban J connectivity index is 2.75. The Labute approximate surface area is 106 Å². The quantitative estimate of drug-likeness (QED) is 0.903. The highest BCUT2D eigenvalue weighted by Crippen LogP contribution is 2.27. The first kappa shape index (κ1) is 12.6. The summed E-state index contributed by atoms with van der Waals surface area (Å²) in [5, 5.41) is 9.98. The number of fused-ring (bicyclic) bond motifs is 1. The van der Waals surface area contributed by atoms with Crippen LogP contribution in [0.5, 0.6) is 0 Å². The molecule has 0 saturated heterocycles. The molecule has 0 saturated carbocycles. The molecular formula is C14H17NO3. The number of carboxylic acids is 1. The maximum absolute atomic E-state index is 11.2. The molecular weight excluding hydrogens is 230 g/mol. The summed E-state index contributed by atoms with van der Waals surface area (Å²) in [6.45, 7) is 4.63. The molecule has 2 aromatic rings. The van der Waals surface area contributed by atoms with Gasteiger partial charge >= 0.3 is 5.97 Å². The van der Waals surface area contributed by atoms with E-state index in [0.717, 1.165) is 16.6 Å². The number of carbonyl (C=O) groups is 1. The lowest BCUT2D eigenvalue weighted by molar-refractivity contribution is 0.0699. The molecule has 0 fully saturated rings. The van der Waals surface area contributed by atoms with Crippen LogP contribution in [0.4, 0.5) is 0 Å². The minimum atomic E-state index is -0.898. The molecule has 0 atom stereocenters. The van der Waals surface area contributed by atoms with Crippen LogP contribution in [0.3, 0.4) is 0 Å². The molecule has 4 heteroatoms. The van der Waals surface area contributed by atoms with Crippen LogP contribution >= 0.6 is 0 Å². The molecule has 1 aromatic carbocycles. The van der Waals surface area contributed by atoms with Gasteiger partial charge in [-0.3, -0.25) is 0 Å². The van der Waals surface area contributed by atoms with Crippen molar-refractivity contribution in [2.45, 2.75) is 26.5 Å². The minimum Gasteiger partial charge on any atom is -0.478 e. The van der Waals surface area contributed by atoms with Gasteiger partial charge in [0.1, 0.15) is 0 Å². The van der Waals surface area contributed by atoms with Crippen LogP contribution in [-0.4, -0.2) is 22.8 Å². The summed E-state index contributed by atoms with van der Waals surface area (Å²) in [5.74, 6) is -0.898. The molecule has 1 N–H and O–H groups in total. The van der Waals surface area contributed by atoms with E-state index in [1.54, 1.807) is 19.2 Å². The maximum Gasteiger partial charge on any atom is 0.336 e. The lowest BCUT2D eigenvalue weighted by Crippen LogP contribution is -2.06. The molecule has 18 heavy (non-hydrogen) atoms. The number of methoxy groups -OCH3 is 1. The first-order chi connectivity index (χ1) is 8.56. The predicted molar refractivity (Wildman–Crippen MR) is 70.0 cm³/mol. The summed E-state index contributed by atoms with van der Waals surface area (Å²) >= 11 is 0. The number of rotatable bonds is 4. The molecule has 0 amide bonds. The summed E-state index contributed by atoms with van der Waals surface area (Å²) in [7, 11) is 1.64. The first-order valence-electron chi connectivity index (χ1n) is 5.91. The summed E-state index contributed by atoms with van der Waals surface area (Å²) in [6.07, 6.45) is 0. The highest BCUT2D eigenvalue weighted by atomic mass is 16.5. The number of aromatic nitrogens is 1. The Morgan fingerprint density at radius 3 is 2.72 bits per heavy atom. The van der Waals surface area contributed by atoms with Crippen molar-refractivity contribution in [3.05, 3.63) is 35.5 Å². The zero-order valence-electron chi connectivity index (χ0n) is 10.8. The topological polar surface area (TPSA) is 51.5 Å². The SMILES string of the molecule is COCc1cc2c(C(=O)O)cccc2n1C(C)C. The van der Waals surface area contributed by atoms with Gasteiger partial charge in [0.25, 0.3) is 0 Å². The fourth-order valence-electron chi connectivity index (χ4n) is 2.36. The van der Waals surface area contributed by atoms with E-state index < -0.39 is 5.97 Å². The van der Waals surface area contributed by atoms with Gasteiger partial charge in [-0.2, -0.15) is 0 Å². The molecule has 0 aliphatic heterocycles. The molecule has 2 rings (SSSR count). The van der Waals surface area contributed by atoms with Crippen molar-refractivity contribution in [2.75, 3.05) is 7.11 Å². The van der Waals surface area contributed by atoms with E-state index in [4.69, 9.17) is 4.74 Å². The second-order valence-corrected chi connectivity index (χ2v) is 4.58. The third-order valence-electron chi connectivity index (χ3n) is 3.00. The molecule has 0 radical (unpaired) electrons. The average molecular weight is 247 g/mol. The number of benzene rings is 1. The fourth-order valence-corrected chi connectivity index (χ4v) is 2.36. The monoisotopic (exact) mass is 247 g/mol. The Morgan fingerprint density at radius 1 is 1.44 bits per heavy atom. The summed E-state index contributed by atoms with van der Waals surface area (Å²) in [6, 6.07) is 7.52. The fraction of sp³-hybridized carbons (Fsp3) is 0.357. The van der Waals surface area contributed by atoms with Gasteiger partial charge in [-0.1, -0.05) is 6.07 Å². The van der Waals surface area contributed by atoms with Gasteiger partial charge < -0.3 is 14.4 Å². The lowest BCUT2D eigenvalue weighted by Gasteiger charge is -2.14. The molecule has 0 aliphatic carbocycles. The second kappa shape index (κ2) is 4.82. The van der Waals surface area contributed by atoms with Crippen molar-refractivity contribution in [3.63, 3.8) is 0 Å². The highest BCUT2D eigenvalue weighted by molar-refractivity contribution is 6.03. The Kier molecular flexibility index (Phi) is 3.39. The van der Waals surface area contributed by atoms with Crippen LogP contribution in [0, 0.1) is 0 Å². The normalized spacial score (nSPS) is 11.3. The van der Waals surface area contributed by atoms with E-state index in [1.807, 2.05) is 12.1 Å². The largest absolute Gasteiger partial charge is 0.478 e. The van der Waals surface area contributed by atoms with Crippen LogP contribution < -0.4 is 0 Å². The standard InChI is InChI=1S/C14H17NO3/c1-9(2)15-10(8-18-3)7-12-11(14(16)17)5-4-6-13(12)15/h4-7,9H,8H2,1-3H3,(H,16,17). The Morgan fingerprint density at radius 2 is 2.17 bits per heavy atom. The minimum absolute atomic E-state index is 0.261. The Hall–Kier alpha value is -1.81. The molecule has 1 heterocycles. The van der Waals surface area contributed by atoms with Gasteiger partial charge in [0.05, 0.1) is 12.2 Å². The highest BCUT2D eigenvalue weighted by Gasteiger charge is 2.16. The molecule has 4 nitrogen and oxygen atoms in total. The smallest absolute Gasteiger partial charge is 0.336 e. The number of ether oxygens (including phenoxy) is 1. The van der Waals surface area contributed by atoms with Gasteiger partial charge in [0, 0.05) is 29.7 Å². The summed E-state index contributed by atoms with van der Waals surface area (Å²) in [4.78, 5) is 11.2. The van der Waals surface area contributed by atoms with Crippen molar-refractivity contribution in [1.29, 1.82) is 0 Å². The third-order valence-corrected chi connectivity index (χ3v) is 3.00. The zero-order valence-corrected chi connectivity index (χ0v) is 10.8. The third kappa shape index (κ3) is 1.99. The van der Waals surface area contributed by atoms with Crippen LogP contribution in [-0.2, 0) is 11.3 Å². The number of nitrogens with zero attached hydrogens (tertiary/aromatic N) is 1. The van der Waals surface area contributed by atoms with Gasteiger partial charge in [0.15, 0.2) is 0 Å². The number of hydrogen-bond acceptors (Lipinski definition) is 2. The molecule has 0 bridgehead atoms. The van der Waals surface area contributed by atoms with Gasteiger partial charge in [-0.05, 0) is 32.0 Å². The number of hydrogen-bond donors (Lipinski definition) is 1. The van der Waals surface area contributed by atoms with E-state index in [9.17, 15) is 9.90 Å². The molecule has 96 valence electrons. The van der Waals surface area contributed by atoms with E-state index in [0.29, 0.717) is 12.2 Å². The van der Waals surface area contributed by atoms with E-state index in [2.05, 4.69) is 18.4 Å². The number of aromatic carboxylic acids is 1. The van der Waals surface area contributed by atoms with E-state index in [1.165, 1.54) is 0 Å². The predicted octanol–water partition coefficient (Wildman–Crippen LogP) is 3.07. The Bertz CT molecular complexity index is 584. The summed E-state index contributed by atoms with van der Waals surface area (Å²) in [5.41, 5.74) is 2.28. The maximum atomic E-state index is 11.2. The zero-order chi connectivity index (χ0) is 13.3. The van der Waals surface area contributed by atoms with Crippen LogP contribution in [0.1, 0.15) is 35.9 Å². The van der Waals surface area contributed by atoms with Gasteiger partial charge in [-0.15, -0.1) is 0 Å². The molecule has 1 aromatic heterocycles. The van der Waals surface area contributed by atoms with Crippen molar-refractivity contribution in [2.24, 2.45) is 0 Å². The van der Waals surface area contributed by atoms with Crippen molar-refractivity contribution < 1.29 is 14.6 Å². The van der Waals surface area contributed by atoms with Crippen LogP contribution in [0.25, 0.3) is 10.9 Å². The van der Waals surface area contributed by atoms with Gasteiger partial charge in [-0.25, -0.2) is 4.79 Å². The van der Waals surface area contributed by atoms with Crippen LogP contribution in [0.2, 0.25) is 0 Å². The second-order valence-electron chi connectivity index (χ2n) is 4.58. The summed E-state index contributed by atoms with van der Waals surface area (Å²) < 4.78 is 7.30. The average Bonchev–Trinajstić information content (AvgIpc) is 2.66. The van der Waals surface area contributed by atoms with Crippen molar-refractivity contribution in [1.82, 2.24) is 4.57 Å². The molecule has 0 aliphatic rings. The van der Waals surface area contributed by atoms with Crippen LogP contribution in [0.15, 0.2) is 24.3 Å². The van der Waals surface area contributed by atoms with Crippen molar-refractivity contribution in [3.8, 4) is 0 Å². The van der Waals surface area contributed by atoms with E-state index in [-0.39, 0.29) is 6.04 Å². The van der Waals surface area contributed by atoms with Crippen molar-refractivity contribution >= 4 is 16.9 Å². The van der Waals surface area contributed by atoms with E-state index >= 15 is 0 Å². The molecule has 0 unspecified atom stereocenters. The molecule has 0 spiro atoms. The van der Waals surface area contributed by atoms with Gasteiger partial charge in [0.2, 0.25) is 0 Å².